The minimum absolute atomic E-state index is 0.843. The van der Waals surface area contributed by atoms with Gasteiger partial charge < -0.3 is 9.80 Å². The highest BCUT2D eigenvalue weighted by atomic mass is 15.2. The van der Waals surface area contributed by atoms with Gasteiger partial charge in [0.15, 0.2) is 0 Å². The monoisotopic (exact) mass is 226 g/mol. The van der Waals surface area contributed by atoms with Gasteiger partial charge in [0.05, 0.1) is 0 Å². The first kappa shape index (κ1) is 14.0. The van der Waals surface area contributed by atoms with E-state index in [4.69, 9.17) is 0 Å². The van der Waals surface area contributed by atoms with Crippen LogP contribution >= 0.6 is 0 Å². The zero-order valence-corrected chi connectivity index (χ0v) is 11.9. The lowest BCUT2D eigenvalue weighted by Crippen LogP contribution is -2.39. The number of rotatable bonds is 5. The molecule has 0 saturated heterocycles. The molecule has 1 aliphatic rings. The lowest BCUT2D eigenvalue weighted by molar-refractivity contribution is 0.139. The average Bonchev–Trinajstić information content (AvgIpc) is 2.26. The minimum Gasteiger partial charge on any atom is -0.308 e. The first-order valence-electron chi connectivity index (χ1n) is 6.85. The molecule has 16 heavy (non-hydrogen) atoms. The van der Waals surface area contributed by atoms with Crippen molar-refractivity contribution in [3.05, 3.63) is 0 Å². The molecule has 0 radical (unpaired) electrons. The molecule has 2 heteroatoms. The average molecular weight is 226 g/mol. The maximum absolute atomic E-state index is 2.57. The van der Waals surface area contributed by atoms with Crippen molar-refractivity contribution < 1.29 is 0 Å². The Hall–Kier alpha value is -0.0800. The molecular formula is C14H30N2. The van der Waals surface area contributed by atoms with E-state index < -0.39 is 0 Å². The molecule has 2 nitrogen and oxygen atoms in total. The molecule has 96 valence electrons. The Morgan fingerprint density at radius 2 is 1.50 bits per heavy atom. The van der Waals surface area contributed by atoms with E-state index in [-0.39, 0.29) is 0 Å². The highest BCUT2D eigenvalue weighted by Crippen LogP contribution is 2.31. The maximum atomic E-state index is 2.57. The Labute approximate surface area is 102 Å². The Bertz CT molecular complexity index is 181. The summed E-state index contributed by atoms with van der Waals surface area (Å²) in [5.41, 5.74) is 0. The normalized spacial score (nSPS) is 27.0. The van der Waals surface area contributed by atoms with Gasteiger partial charge in [-0.05, 0) is 58.7 Å². The van der Waals surface area contributed by atoms with E-state index in [1.807, 2.05) is 0 Å². The number of nitrogens with zero attached hydrogens (tertiary/aromatic N) is 2. The van der Waals surface area contributed by atoms with Gasteiger partial charge in [-0.2, -0.15) is 0 Å². The van der Waals surface area contributed by atoms with Gasteiger partial charge in [-0.15, -0.1) is 0 Å². The minimum atomic E-state index is 0.843. The van der Waals surface area contributed by atoms with Crippen molar-refractivity contribution in [2.24, 2.45) is 11.8 Å². The van der Waals surface area contributed by atoms with E-state index in [9.17, 15) is 0 Å². The van der Waals surface area contributed by atoms with Gasteiger partial charge in [-0.1, -0.05) is 13.8 Å². The summed E-state index contributed by atoms with van der Waals surface area (Å²) in [4.78, 5) is 4.84. The van der Waals surface area contributed by atoms with Gasteiger partial charge in [0.2, 0.25) is 0 Å². The second-order valence-electron chi connectivity index (χ2n) is 6.10. The quantitative estimate of drug-likeness (QED) is 0.711. The van der Waals surface area contributed by atoms with Crippen LogP contribution in [0.1, 0.15) is 39.5 Å². The molecule has 0 atom stereocenters. The summed E-state index contributed by atoms with van der Waals surface area (Å²) in [7, 11) is 6.61. The third-order valence-electron chi connectivity index (χ3n) is 4.21. The van der Waals surface area contributed by atoms with Crippen LogP contribution in [-0.4, -0.2) is 50.1 Å². The molecule has 1 fully saturated rings. The van der Waals surface area contributed by atoms with Crippen LogP contribution in [0.4, 0.5) is 0 Å². The summed E-state index contributed by atoms with van der Waals surface area (Å²) < 4.78 is 0. The molecule has 0 aliphatic heterocycles. The van der Waals surface area contributed by atoms with Crippen LogP contribution in [0.15, 0.2) is 0 Å². The van der Waals surface area contributed by atoms with Crippen molar-refractivity contribution in [2.75, 3.05) is 34.2 Å². The van der Waals surface area contributed by atoms with Gasteiger partial charge in [-0.3, -0.25) is 0 Å². The molecule has 0 aromatic carbocycles. The maximum Gasteiger partial charge on any atom is 0.0109 e. The van der Waals surface area contributed by atoms with Gasteiger partial charge >= 0.3 is 0 Å². The second kappa shape index (κ2) is 6.61. The predicted molar refractivity (Wildman–Crippen MR) is 71.8 cm³/mol. The van der Waals surface area contributed by atoms with Crippen molar-refractivity contribution >= 4 is 0 Å². The summed E-state index contributed by atoms with van der Waals surface area (Å²) in [6, 6.07) is 0.843. The van der Waals surface area contributed by atoms with Crippen molar-refractivity contribution in [1.29, 1.82) is 0 Å². The first-order chi connectivity index (χ1) is 7.50. The van der Waals surface area contributed by atoms with Crippen LogP contribution < -0.4 is 0 Å². The third kappa shape index (κ3) is 4.42. The molecule has 1 aliphatic carbocycles. The lowest BCUT2D eigenvalue weighted by Gasteiger charge is -2.36. The predicted octanol–water partition coefficient (Wildman–Crippen LogP) is 2.69. The first-order valence-corrected chi connectivity index (χ1v) is 6.85. The summed E-state index contributed by atoms with van der Waals surface area (Å²) in [5, 5.41) is 0. The Morgan fingerprint density at radius 1 is 0.938 bits per heavy atom. The molecule has 0 amide bonds. The highest BCUT2D eigenvalue weighted by molar-refractivity contribution is 4.79. The van der Waals surface area contributed by atoms with E-state index >= 15 is 0 Å². The fourth-order valence-corrected chi connectivity index (χ4v) is 2.75. The van der Waals surface area contributed by atoms with E-state index in [2.05, 4.69) is 44.8 Å². The molecule has 0 bridgehead atoms. The summed E-state index contributed by atoms with van der Waals surface area (Å²) in [6.07, 6.45) is 5.70. The zero-order valence-electron chi connectivity index (χ0n) is 11.9. The van der Waals surface area contributed by atoms with E-state index in [1.54, 1.807) is 0 Å². The summed E-state index contributed by atoms with van der Waals surface area (Å²) in [6.45, 7) is 7.14. The van der Waals surface area contributed by atoms with Crippen LogP contribution in [-0.2, 0) is 0 Å². The van der Waals surface area contributed by atoms with Gasteiger partial charge in [-0.25, -0.2) is 0 Å². The van der Waals surface area contributed by atoms with Crippen LogP contribution in [0.3, 0.4) is 0 Å². The summed E-state index contributed by atoms with van der Waals surface area (Å²) >= 11 is 0. The van der Waals surface area contributed by atoms with Crippen LogP contribution in [0, 0.1) is 11.8 Å². The third-order valence-corrected chi connectivity index (χ3v) is 4.21. The lowest BCUT2D eigenvalue weighted by atomic mass is 9.79. The molecule has 0 aromatic rings. The topological polar surface area (TPSA) is 6.48 Å². The molecule has 1 rings (SSSR count). The molecular weight excluding hydrogens is 196 g/mol. The van der Waals surface area contributed by atoms with Crippen molar-refractivity contribution in [3.63, 3.8) is 0 Å². The van der Waals surface area contributed by atoms with E-state index in [0.717, 1.165) is 17.9 Å². The largest absolute Gasteiger partial charge is 0.308 e. The SMILES string of the molecule is CC(C)C1CCC(N(C)CCN(C)C)CC1. The van der Waals surface area contributed by atoms with Crippen LogP contribution in [0.5, 0.6) is 0 Å². The number of likely N-dealkylation sites (N-methyl/N-ethyl adjacent to an activating group) is 2. The van der Waals surface area contributed by atoms with Gasteiger partial charge in [0.1, 0.15) is 0 Å². The second-order valence-corrected chi connectivity index (χ2v) is 6.10. The highest BCUT2D eigenvalue weighted by Gasteiger charge is 2.25. The molecule has 0 N–H and O–H groups in total. The molecule has 0 unspecified atom stereocenters. The van der Waals surface area contributed by atoms with Gasteiger partial charge in [0, 0.05) is 19.1 Å². The van der Waals surface area contributed by atoms with Crippen molar-refractivity contribution in [2.45, 2.75) is 45.6 Å². The molecule has 0 spiro atoms. The smallest absolute Gasteiger partial charge is 0.0109 e. The molecule has 0 aromatic heterocycles. The zero-order chi connectivity index (χ0) is 12.1. The Kier molecular flexibility index (Phi) is 5.77. The Morgan fingerprint density at radius 3 is 1.94 bits per heavy atom. The Balaban J connectivity index is 2.24. The van der Waals surface area contributed by atoms with Gasteiger partial charge in [0.25, 0.3) is 0 Å². The van der Waals surface area contributed by atoms with Crippen molar-refractivity contribution in [3.8, 4) is 0 Å². The number of hydrogen-bond acceptors (Lipinski definition) is 2. The number of hydrogen-bond donors (Lipinski definition) is 0. The van der Waals surface area contributed by atoms with E-state index in [1.165, 1.54) is 38.8 Å². The summed E-state index contributed by atoms with van der Waals surface area (Å²) in [5.74, 6) is 1.87. The van der Waals surface area contributed by atoms with E-state index in [0.29, 0.717) is 0 Å². The van der Waals surface area contributed by atoms with Crippen molar-refractivity contribution in [1.82, 2.24) is 9.80 Å². The molecule has 1 saturated carbocycles. The van der Waals surface area contributed by atoms with Crippen LogP contribution in [0.25, 0.3) is 0 Å². The standard InChI is InChI=1S/C14H30N2/c1-12(2)13-6-8-14(9-7-13)16(5)11-10-15(3)4/h12-14H,6-11H2,1-5H3. The molecule has 0 heterocycles. The fraction of sp³-hybridized carbons (Fsp3) is 1.00. The fourth-order valence-electron chi connectivity index (χ4n) is 2.75. The van der Waals surface area contributed by atoms with Crippen LogP contribution in [0.2, 0.25) is 0 Å².